The van der Waals surface area contributed by atoms with E-state index in [1.807, 2.05) is 13.1 Å². The van der Waals surface area contributed by atoms with E-state index in [2.05, 4.69) is 15.5 Å². The molecule has 1 aromatic heterocycles. The van der Waals surface area contributed by atoms with Crippen molar-refractivity contribution in [2.75, 3.05) is 13.6 Å². The van der Waals surface area contributed by atoms with Crippen LogP contribution in [0.1, 0.15) is 18.5 Å². The molecule has 1 aromatic carbocycles. The van der Waals surface area contributed by atoms with Gasteiger partial charge in [-0.25, -0.2) is 0 Å². The Bertz CT molecular complexity index is 563. The second kappa shape index (κ2) is 6.81. The monoisotopic (exact) mass is 274 g/mol. The third kappa shape index (κ3) is 3.64. The molecule has 106 valence electrons. The van der Waals surface area contributed by atoms with Crippen molar-refractivity contribution >= 4 is 5.69 Å². The minimum Gasteiger partial charge on any atom is -0.320 e. The number of aromatic amines is 1. The first-order valence-electron chi connectivity index (χ1n) is 6.64. The molecule has 0 aliphatic rings. The van der Waals surface area contributed by atoms with E-state index in [0.717, 1.165) is 42.8 Å². The molecule has 2 aromatic rings. The van der Waals surface area contributed by atoms with Gasteiger partial charge in [0.05, 0.1) is 10.6 Å². The maximum atomic E-state index is 10.6. The molecule has 0 atom stereocenters. The quantitative estimate of drug-likeness (QED) is 0.461. The molecular weight excluding hydrogens is 256 g/mol. The molecule has 0 aliphatic heterocycles. The molecule has 0 radical (unpaired) electrons. The lowest BCUT2D eigenvalue weighted by molar-refractivity contribution is -0.384. The standard InChI is InChI=1S/C14H18N4O2/c1-15-9-3-2-4-12-10-14(17-16-12)11-5-7-13(8-6-11)18(19)20/h5-8,10,15H,2-4,9H2,1H3,(H,16,17). The number of H-pyrrole nitrogens is 1. The second-order valence-electron chi connectivity index (χ2n) is 4.64. The summed E-state index contributed by atoms with van der Waals surface area (Å²) in [6.45, 7) is 1.02. The highest BCUT2D eigenvalue weighted by atomic mass is 16.6. The van der Waals surface area contributed by atoms with E-state index in [1.54, 1.807) is 12.1 Å². The first-order valence-corrected chi connectivity index (χ1v) is 6.64. The highest BCUT2D eigenvalue weighted by Crippen LogP contribution is 2.21. The van der Waals surface area contributed by atoms with Crippen LogP contribution in [-0.4, -0.2) is 28.7 Å². The van der Waals surface area contributed by atoms with Gasteiger partial charge >= 0.3 is 0 Å². The molecule has 6 heteroatoms. The van der Waals surface area contributed by atoms with E-state index in [1.165, 1.54) is 12.1 Å². The SMILES string of the molecule is CNCCCCc1cc(-c2ccc([N+](=O)[O-])cc2)n[nH]1. The van der Waals surface area contributed by atoms with Crippen molar-refractivity contribution < 1.29 is 4.92 Å². The average Bonchev–Trinajstić information content (AvgIpc) is 2.92. The van der Waals surface area contributed by atoms with E-state index in [-0.39, 0.29) is 5.69 Å². The Hall–Kier alpha value is -2.21. The largest absolute Gasteiger partial charge is 0.320 e. The molecule has 0 amide bonds. The van der Waals surface area contributed by atoms with Crippen LogP contribution >= 0.6 is 0 Å². The minimum atomic E-state index is -0.401. The number of benzene rings is 1. The lowest BCUT2D eigenvalue weighted by atomic mass is 10.1. The van der Waals surface area contributed by atoms with Gasteiger partial charge in [0.25, 0.3) is 5.69 Å². The molecule has 0 saturated heterocycles. The lowest BCUT2D eigenvalue weighted by Crippen LogP contribution is -2.07. The summed E-state index contributed by atoms with van der Waals surface area (Å²) in [6.07, 6.45) is 3.19. The van der Waals surface area contributed by atoms with Crippen molar-refractivity contribution in [2.24, 2.45) is 0 Å². The van der Waals surface area contributed by atoms with E-state index in [0.29, 0.717) is 0 Å². The lowest BCUT2D eigenvalue weighted by Gasteiger charge is -1.97. The predicted molar refractivity (Wildman–Crippen MR) is 77.5 cm³/mol. The Morgan fingerprint density at radius 1 is 1.30 bits per heavy atom. The van der Waals surface area contributed by atoms with Crippen LogP contribution in [0.5, 0.6) is 0 Å². The number of rotatable bonds is 7. The third-order valence-corrected chi connectivity index (χ3v) is 3.13. The van der Waals surface area contributed by atoms with Crippen molar-refractivity contribution in [3.8, 4) is 11.3 Å². The summed E-state index contributed by atoms with van der Waals surface area (Å²) < 4.78 is 0. The van der Waals surface area contributed by atoms with Gasteiger partial charge in [-0.3, -0.25) is 15.2 Å². The van der Waals surface area contributed by atoms with E-state index >= 15 is 0 Å². The van der Waals surface area contributed by atoms with Gasteiger partial charge in [-0.15, -0.1) is 0 Å². The Balaban J connectivity index is 1.99. The van der Waals surface area contributed by atoms with Gasteiger partial charge in [-0.1, -0.05) is 0 Å². The first-order chi connectivity index (χ1) is 9.70. The van der Waals surface area contributed by atoms with Crippen LogP contribution in [-0.2, 0) is 6.42 Å². The van der Waals surface area contributed by atoms with Gasteiger partial charge in [0.15, 0.2) is 0 Å². The minimum absolute atomic E-state index is 0.0941. The molecule has 0 bridgehead atoms. The summed E-state index contributed by atoms with van der Waals surface area (Å²) in [5, 5.41) is 21.0. The van der Waals surface area contributed by atoms with Gasteiger partial charge in [0.1, 0.15) is 0 Å². The van der Waals surface area contributed by atoms with Crippen LogP contribution in [0, 0.1) is 10.1 Å². The number of hydrogen-bond acceptors (Lipinski definition) is 4. The van der Waals surface area contributed by atoms with E-state index in [9.17, 15) is 10.1 Å². The summed E-state index contributed by atoms with van der Waals surface area (Å²) in [4.78, 5) is 10.2. The van der Waals surface area contributed by atoms with Crippen LogP contribution in [0.15, 0.2) is 30.3 Å². The predicted octanol–water partition coefficient (Wildman–Crippen LogP) is 2.53. The van der Waals surface area contributed by atoms with Crippen molar-refractivity contribution in [3.63, 3.8) is 0 Å². The molecule has 20 heavy (non-hydrogen) atoms. The number of nitro groups is 1. The molecule has 0 saturated carbocycles. The molecule has 0 aliphatic carbocycles. The number of unbranched alkanes of at least 4 members (excludes halogenated alkanes) is 1. The molecule has 6 nitrogen and oxygen atoms in total. The highest BCUT2D eigenvalue weighted by molar-refractivity contribution is 5.61. The Labute approximate surface area is 117 Å². The molecule has 0 spiro atoms. The molecular formula is C14H18N4O2. The van der Waals surface area contributed by atoms with Crippen molar-refractivity contribution in [1.29, 1.82) is 0 Å². The summed E-state index contributed by atoms with van der Waals surface area (Å²) in [6, 6.07) is 8.44. The second-order valence-corrected chi connectivity index (χ2v) is 4.64. The average molecular weight is 274 g/mol. The third-order valence-electron chi connectivity index (χ3n) is 3.13. The Kier molecular flexibility index (Phi) is 4.84. The number of nitrogens with one attached hydrogen (secondary N) is 2. The van der Waals surface area contributed by atoms with Gasteiger partial charge < -0.3 is 5.32 Å². The van der Waals surface area contributed by atoms with Gasteiger partial charge in [0, 0.05) is 23.4 Å². The fourth-order valence-corrected chi connectivity index (χ4v) is 2.01. The number of aryl methyl sites for hydroxylation is 1. The van der Waals surface area contributed by atoms with Crippen LogP contribution in [0.4, 0.5) is 5.69 Å². The molecule has 1 heterocycles. The smallest absolute Gasteiger partial charge is 0.269 e. The molecule has 2 rings (SSSR count). The summed E-state index contributed by atoms with van der Waals surface area (Å²) >= 11 is 0. The summed E-state index contributed by atoms with van der Waals surface area (Å²) in [5.74, 6) is 0. The number of non-ortho nitro benzene ring substituents is 1. The maximum absolute atomic E-state index is 10.6. The van der Waals surface area contributed by atoms with Crippen molar-refractivity contribution in [1.82, 2.24) is 15.5 Å². The summed E-state index contributed by atoms with van der Waals surface area (Å²) in [7, 11) is 1.95. The van der Waals surface area contributed by atoms with Crippen LogP contribution in [0.2, 0.25) is 0 Å². The highest BCUT2D eigenvalue weighted by Gasteiger charge is 2.07. The fourth-order valence-electron chi connectivity index (χ4n) is 2.01. The summed E-state index contributed by atoms with van der Waals surface area (Å²) in [5.41, 5.74) is 2.89. The van der Waals surface area contributed by atoms with Gasteiger partial charge in [0.2, 0.25) is 0 Å². The topological polar surface area (TPSA) is 83.8 Å². The number of hydrogen-bond donors (Lipinski definition) is 2. The van der Waals surface area contributed by atoms with E-state index in [4.69, 9.17) is 0 Å². The van der Waals surface area contributed by atoms with Crippen LogP contribution in [0.25, 0.3) is 11.3 Å². The molecule has 0 unspecified atom stereocenters. The Morgan fingerprint density at radius 3 is 2.70 bits per heavy atom. The van der Waals surface area contributed by atoms with Crippen molar-refractivity contribution in [3.05, 3.63) is 46.1 Å². The number of nitro benzene ring substituents is 1. The fraction of sp³-hybridized carbons (Fsp3) is 0.357. The maximum Gasteiger partial charge on any atom is 0.269 e. The van der Waals surface area contributed by atoms with Gasteiger partial charge in [-0.05, 0) is 51.1 Å². The van der Waals surface area contributed by atoms with E-state index < -0.39 is 4.92 Å². The first kappa shape index (κ1) is 14.2. The van der Waals surface area contributed by atoms with Gasteiger partial charge in [-0.2, -0.15) is 5.10 Å². The zero-order valence-corrected chi connectivity index (χ0v) is 11.4. The normalized spacial score (nSPS) is 10.7. The van der Waals surface area contributed by atoms with Crippen LogP contribution < -0.4 is 5.32 Å². The van der Waals surface area contributed by atoms with Crippen molar-refractivity contribution in [2.45, 2.75) is 19.3 Å². The number of nitrogens with zero attached hydrogens (tertiary/aromatic N) is 2. The zero-order valence-electron chi connectivity index (χ0n) is 11.4. The zero-order chi connectivity index (χ0) is 14.4. The Morgan fingerprint density at radius 2 is 2.05 bits per heavy atom. The van der Waals surface area contributed by atoms with Crippen LogP contribution in [0.3, 0.4) is 0 Å². The molecule has 0 fully saturated rings. The number of aromatic nitrogens is 2. The molecule has 2 N–H and O–H groups in total.